The van der Waals surface area contributed by atoms with Gasteiger partial charge in [-0.1, -0.05) is 12.1 Å². The van der Waals surface area contributed by atoms with Gasteiger partial charge in [-0.05, 0) is 18.6 Å². The van der Waals surface area contributed by atoms with Crippen molar-refractivity contribution in [1.82, 2.24) is 19.8 Å². The third kappa shape index (κ3) is 3.36. The van der Waals surface area contributed by atoms with Gasteiger partial charge in [0.15, 0.2) is 0 Å². The number of nitrogens with zero attached hydrogens (tertiary/aromatic N) is 2. The SMILES string of the molecule is N=C(Cn1c(=O)n(C2CNC2)c2ccccc21)NCCC[SH](=O)=O. The smallest absolute Gasteiger partial charge is 0.329 e. The van der Waals surface area contributed by atoms with Crippen LogP contribution in [0.4, 0.5) is 0 Å². The molecule has 1 aromatic heterocycles. The molecule has 9 heteroatoms. The summed E-state index contributed by atoms with van der Waals surface area (Å²) in [6.07, 6.45) is 0.450. The van der Waals surface area contributed by atoms with Crippen molar-refractivity contribution in [3.63, 3.8) is 0 Å². The minimum atomic E-state index is -2.38. The molecular formula is C15H21N5O3S. The molecule has 24 heavy (non-hydrogen) atoms. The van der Waals surface area contributed by atoms with Crippen LogP contribution in [0.1, 0.15) is 12.5 Å². The van der Waals surface area contributed by atoms with Crippen LogP contribution in [0.2, 0.25) is 0 Å². The molecule has 130 valence electrons. The van der Waals surface area contributed by atoms with E-state index in [0.717, 1.165) is 24.1 Å². The molecule has 8 nitrogen and oxygen atoms in total. The number of imidazole rings is 1. The number of nitrogens with one attached hydrogen (secondary N) is 3. The maximum Gasteiger partial charge on any atom is 0.329 e. The minimum Gasteiger partial charge on any atom is -0.372 e. The fourth-order valence-corrected chi connectivity index (χ4v) is 3.27. The normalized spacial score (nSPS) is 14.9. The Hall–Kier alpha value is -2.13. The second-order valence-corrected chi connectivity index (χ2v) is 6.97. The van der Waals surface area contributed by atoms with E-state index in [1.807, 2.05) is 24.3 Å². The molecule has 1 aromatic carbocycles. The van der Waals surface area contributed by atoms with Crippen molar-refractivity contribution >= 4 is 27.6 Å². The van der Waals surface area contributed by atoms with Gasteiger partial charge in [-0.3, -0.25) is 14.5 Å². The second kappa shape index (κ2) is 7.18. The van der Waals surface area contributed by atoms with Crippen LogP contribution in [0.25, 0.3) is 11.0 Å². The first-order chi connectivity index (χ1) is 11.6. The van der Waals surface area contributed by atoms with Crippen LogP contribution in [0.3, 0.4) is 0 Å². The van der Waals surface area contributed by atoms with Gasteiger partial charge in [-0.2, -0.15) is 0 Å². The predicted octanol–water partition coefficient (Wildman–Crippen LogP) is -0.484. The van der Waals surface area contributed by atoms with Gasteiger partial charge in [-0.25, -0.2) is 13.2 Å². The quantitative estimate of drug-likeness (QED) is 0.233. The topological polar surface area (TPSA) is 109 Å². The third-order valence-corrected chi connectivity index (χ3v) is 4.85. The van der Waals surface area contributed by atoms with E-state index in [1.54, 1.807) is 9.13 Å². The number of benzene rings is 1. The zero-order valence-corrected chi connectivity index (χ0v) is 14.1. The lowest BCUT2D eigenvalue weighted by molar-refractivity contribution is 0.341. The standard InChI is InChI=1S/C15H21N5O3S/c16-14(18-6-3-7-24(22)23)10-19-12-4-1-2-5-13(12)20(15(19)21)11-8-17-9-11/h1-2,4-5,11,17,24H,3,6-10H2,(H2,16,18). The van der Waals surface area contributed by atoms with Crippen LogP contribution in [-0.2, 0) is 17.2 Å². The van der Waals surface area contributed by atoms with Crippen molar-refractivity contribution in [2.45, 2.75) is 19.0 Å². The molecule has 0 aliphatic carbocycles. The van der Waals surface area contributed by atoms with E-state index in [2.05, 4.69) is 10.6 Å². The summed E-state index contributed by atoms with van der Waals surface area (Å²) in [4.78, 5) is 12.8. The summed E-state index contributed by atoms with van der Waals surface area (Å²) in [6, 6.07) is 7.74. The molecule has 3 rings (SSSR count). The summed E-state index contributed by atoms with van der Waals surface area (Å²) < 4.78 is 24.4. The molecule has 2 aromatic rings. The van der Waals surface area contributed by atoms with Crippen LogP contribution in [0.5, 0.6) is 0 Å². The summed E-state index contributed by atoms with van der Waals surface area (Å²) in [5.74, 6) is 0.302. The average molecular weight is 351 g/mol. The highest BCUT2D eigenvalue weighted by molar-refractivity contribution is 7.72. The first kappa shape index (κ1) is 16.7. The summed E-state index contributed by atoms with van der Waals surface area (Å²) >= 11 is 0. The fraction of sp³-hybridized carbons (Fsp3) is 0.467. The molecule has 2 heterocycles. The maximum absolute atomic E-state index is 12.8. The summed E-state index contributed by atoms with van der Waals surface area (Å²) in [6.45, 7) is 2.10. The highest BCUT2D eigenvalue weighted by Crippen LogP contribution is 2.19. The molecule has 3 N–H and O–H groups in total. The molecule has 0 bridgehead atoms. The van der Waals surface area contributed by atoms with Gasteiger partial charge < -0.3 is 10.6 Å². The lowest BCUT2D eigenvalue weighted by Crippen LogP contribution is -2.47. The molecule has 0 atom stereocenters. The average Bonchev–Trinajstić information content (AvgIpc) is 2.76. The third-order valence-electron chi connectivity index (χ3n) is 4.17. The van der Waals surface area contributed by atoms with E-state index in [1.165, 1.54) is 0 Å². The van der Waals surface area contributed by atoms with Crippen LogP contribution in [0.15, 0.2) is 29.1 Å². The summed E-state index contributed by atoms with van der Waals surface area (Å²) in [7, 11) is -2.38. The Bertz CT molecular complexity index is 871. The molecular weight excluding hydrogens is 330 g/mol. The molecule has 0 radical (unpaired) electrons. The van der Waals surface area contributed by atoms with Gasteiger partial charge in [0.1, 0.15) is 16.5 Å². The zero-order chi connectivity index (χ0) is 17.1. The summed E-state index contributed by atoms with van der Waals surface area (Å²) in [5, 5.41) is 14.1. The lowest BCUT2D eigenvalue weighted by atomic mass is 10.1. The number of amidine groups is 1. The highest BCUT2D eigenvalue weighted by atomic mass is 32.2. The predicted molar refractivity (Wildman–Crippen MR) is 93.6 cm³/mol. The number of hydrogen-bond donors (Lipinski definition) is 4. The van der Waals surface area contributed by atoms with Crippen molar-refractivity contribution in [2.75, 3.05) is 25.4 Å². The first-order valence-corrected chi connectivity index (χ1v) is 9.28. The summed E-state index contributed by atoms with van der Waals surface area (Å²) in [5.41, 5.74) is 1.57. The van der Waals surface area contributed by atoms with Gasteiger partial charge in [0.25, 0.3) is 0 Å². The number of rotatable bonds is 7. The van der Waals surface area contributed by atoms with Gasteiger partial charge in [-0.15, -0.1) is 0 Å². The number of aromatic nitrogens is 2. The van der Waals surface area contributed by atoms with E-state index in [4.69, 9.17) is 5.41 Å². The molecule has 1 saturated heterocycles. The molecule has 1 aliphatic heterocycles. The van der Waals surface area contributed by atoms with E-state index in [9.17, 15) is 13.2 Å². The minimum absolute atomic E-state index is 0.101. The molecule has 0 saturated carbocycles. The fourth-order valence-electron chi connectivity index (χ4n) is 2.86. The van der Waals surface area contributed by atoms with Crippen LogP contribution in [0, 0.1) is 5.41 Å². The van der Waals surface area contributed by atoms with Crippen molar-refractivity contribution < 1.29 is 8.42 Å². The Morgan fingerprint density at radius 3 is 2.62 bits per heavy atom. The zero-order valence-electron chi connectivity index (χ0n) is 13.2. The lowest BCUT2D eigenvalue weighted by Gasteiger charge is -2.28. The van der Waals surface area contributed by atoms with E-state index < -0.39 is 10.7 Å². The van der Waals surface area contributed by atoms with Gasteiger partial charge in [0, 0.05) is 25.4 Å². The molecule has 0 unspecified atom stereocenters. The number of thiol groups is 1. The maximum atomic E-state index is 12.8. The van der Waals surface area contributed by atoms with Gasteiger partial charge in [0.05, 0.1) is 23.6 Å². The van der Waals surface area contributed by atoms with Gasteiger partial charge in [0.2, 0.25) is 0 Å². The number of fused-ring (bicyclic) bond motifs is 1. The monoisotopic (exact) mass is 351 g/mol. The van der Waals surface area contributed by atoms with E-state index in [0.29, 0.717) is 13.0 Å². The Kier molecular flexibility index (Phi) is 5.00. The Labute approximate surface area is 140 Å². The van der Waals surface area contributed by atoms with Crippen molar-refractivity contribution in [2.24, 2.45) is 0 Å². The second-order valence-electron chi connectivity index (χ2n) is 5.85. The Morgan fingerprint density at radius 1 is 1.29 bits per heavy atom. The van der Waals surface area contributed by atoms with Crippen LogP contribution in [-0.4, -0.2) is 48.8 Å². The largest absolute Gasteiger partial charge is 0.372 e. The van der Waals surface area contributed by atoms with Gasteiger partial charge >= 0.3 is 5.69 Å². The van der Waals surface area contributed by atoms with Crippen LogP contribution >= 0.6 is 0 Å². The van der Waals surface area contributed by atoms with E-state index >= 15 is 0 Å². The number of para-hydroxylation sites is 2. The Balaban J connectivity index is 1.78. The van der Waals surface area contributed by atoms with Crippen molar-refractivity contribution in [3.05, 3.63) is 34.7 Å². The van der Waals surface area contributed by atoms with Crippen LogP contribution < -0.4 is 16.3 Å². The van der Waals surface area contributed by atoms with E-state index in [-0.39, 0.29) is 29.9 Å². The first-order valence-electron chi connectivity index (χ1n) is 7.91. The highest BCUT2D eigenvalue weighted by Gasteiger charge is 2.25. The number of hydrogen-bond acceptors (Lipinski definition) is 5. The molecule has 0 spiro atoms. The Morgan fingerprint density at radius 2 is 2.00 bits per heavy atom. The van der Waals surface area contributed by atoms with Crippen molar-refractivity contribution in [3.8, 4) is 0 Å². The molecule has 1 fully saturated rings. The molecule has 1 aliphatic rings. The van der Waals surface area contributed by atoms with Crippen molar-refractivity contribution in [1.29, 1.82) is 5.41 Å². The molecule has 0 amide bonds.